The molecule has 0 saturated heterocycles. The molecule has 6 nitrogen and oxygen atoms in total. The maximum atomic E-state index is 12.9. The number of tetrazole rings is 1. The number of aryl methyl sites for hydroxylation is 1. The van der Waals surface area contributed by atoms with Crippen molar-refractivity contribution in [2.75, 3.05) is 7.05 Å². The number of hydrogen-bond donors (Lipinski definition) is 0. The van der Waals surface area contributed by atoms with Gasteiger partial charge in [0.05, 0.1) is 10.9 Å². The van der Waals surface area contributed by atoms with Crippen LogP contribution in [0.25, 0.3) is 5.69 Å². The average molecular weight is 374 g/mol. The summed E-state index contributed by atoms with van der Waals surface area (Å²) >= 11 is 1.42. The summed E-state index contributed by atoms with van der Waals surface area (Å²) in [5.41, 5.74) is 3.29. The largest absolute Gasteiger partial charge is 0.342 e. The lowest BCUT2D eigenvalue weighted by Gasteiger charge is -2.32. The van der Waals surface area contributed by atoms with E-state index >= 15 is 0 Å². The second-order valence-corrected chi connectivity index (χ2v) is 8.40. The van der Waals surface area contributed by atoms with Gasteiger partial charge in [-0.15, -0.1) is 5.10 Å². The summed E-state index contributed by atoms with van der Waals surface area (Å²) in [4.78, 5) is 14.8. The number of carbonyl (C=O) groups is 1. The van der Waals surface area contributed by atoms with E-state index in [-0.39, 0.29) is 11.2 Å². The first-order valence-electron chi connectivity index (χ1n) is 9.27. The molecule has 1 amide bonds. The van der Waals surface area contributed by atoms with Crippen molar-refractivity contribution in [3.05, 3.63) is 29.3 Å². The fourth-order valence-corrected chi connectivity index (χ4v) is 4.41. The first-order valence-corrected chi connectivity index (χ1v) is 10.1. The van der Waals surface area contributed by atoms with Crippen LogP contribution in [0.3, 0.4) is 0 Å². The highest BCUT2D eigenvalue weighted by Crippen LogP contribution is 2.28. The summed E-state index contributed by atoms with van der Waals surface area (Å²) in [6.45, 7) is 6.07. The van der Waals surface area contributed by atoms with Gasteiger partial charge in [0.25, 0.3) is 0 Å². The predicted molar refractivity (Wildman–Crippen MR) is 104 cm³/mol. The molecule has 1 aromatic carbocycles. The molecule has 0 bridgehead atoms. The fourth-order valence-electron chi connectivity index (χ4n) is 3.51. The molecule has 1 aliphatic carbocycles. The minimum absolute atomic E-state index is 0.150. The zero-order valence-electron chi connectivity index (χ0n) is 16.0. The van der Waals surface area contributed by atoms with E-state index in [2.05, 4.69) is 35.4 Å². The van der Waals surface area contributed by atoms with Crippen molar-refractivity contribution in [1.29, 1.82) is 0 Å². The Labute approximate surface area is 159 Å². The standard InChI is InChI=1S/C19H27N5OS/c1-13-9-8-12-17(14(13)2)24-19(20-21-22-24)26-15(3)18(25)23(4)16-10-6-5-7-11-16/h8-9,12,15-16H,5-7,10-11H2,1-4H3. The van der Waals surface area contributed by atoms with E-state index in [1.165, 1.54) is 36.6 Å². The van der Waals surface area contributed by atoms with Crippen molar-refractivity contribution >= 4 is 17.7 Å². The van der Waals surface area contributed by atoms with Gasteiger partial charge < -0.3 is 4.90 Å². The number of nitrogens with zero attached hydrogens (tertiary/aromatic N) is 5. The van der Waals surface area contributed by atoms with E-state index in [0.29, 0.717) is 11.2 Å². The van der Waals surface area contributed by atoms with Gasteiger partial charge in [-0.1, -0.05) is 43.2 Å². The molecule has 1 fully saturated rings. The zero-order valence-corrected chi connectivity index (χ0v) is 16.8. The predicted octanol–water partition coefficient (Wildman–Crippen LogP) is 3.55. The molecule has 1 aromatic heterocycles. The van der Waals surface area contributed by atoms with Gasteiger partial charge >= 0.3 is 0 Å². The summed E-state index contributed by atoms with van der Waals surface area (Å²) in [7, 11) is 1.93. The highest BCUT2D eigenvalue weighted by molar-refractivity contribution is 8.00. The van der Waals surface area contributed by atoms with E-state index < -0.39 is 0 Å². The van der Waals surface area contributed by atoms with Crippen molar-refractivity contribution in [2.24, 2.45) is 0 Å². The van der Waals surface area contributed by atoms with Crippen molar-refractivity contribution in [3.63, 3.8) is 0 Å². The molecule has 1 atom stereocenters. The van der Waals surface area contributed by atoms with Gasteiger partial charge in [0, 0.05) is 13.1 Å². The van der Waals surface area contributed by atoms with Crippen molar-refractivity contribution in [2.45, 2.75) is 69.3 Å². The van der Waals surface area contributed by atoms with Crippen LogP contribution < -0.4 is 0 Å². The lowest BCUT2D eigenvalue weighted by Crippen LogP contribution is -2.42. The quantitative estimate of drug-likeness (QED) is 0.750. The molecule has 3 rings (SSSR count). The Morgan fingerprint density at radius 2 is 2.00 bits per heavy atom. The Kier molecular flexibility index (Phi) is 5.96. The van der Waals surface area contributed by atoms with Crippen molar-refractivity contribution in [3.8, 4) is 5.69 Å². The van der Waals surface area contributed by atoms with Crippen LogP contribution in [-0.4, -0.2) is 49.4 Å². The van der Waals surface area contributed by atoms with Crippen LogP contribution in [0.4, 0.5) is 0 Å². The normalized spacial score (nSPS) is 16.5. The number of hydrogen-bond acceptors (Lipinski definition) is 5. The van der Waals surface area contributed by atoms with Crippen LogP contribution in [0.1, 0.15) is 50.2 Å². The summed E-state index contributed by atoms with van der Waals surface area (Å²) < 4.78 is 1.73. The molecule has 1 unspecified atom stereocenters. The van der Waals surface area contributed by atoms with E-state index in [1.807, 2.05) is 31.0 Å². The Bertz CT molecular complexity index is 769. The van der Waals surface area contributed by atoms with E-state index in [0.717, 1.165) is 24.1 Å². The van der Waals surface area contributed by atoms with E-state index in [4.69, 9.17) is 0 Å². The molecule has 0 aliphatic heterocycles. The summed E-state index contributed by atoms with van der Waals surface area (Å²) in [6.07, 6.45) is 5.94. The van der Waals surface area contributed by atoms with Crippen LogP contribution in [-0.2, 0) is 4.79 Å². The molecule has 0 N–H and O–H groups in total. The smallest absolute Gasteiger partial charge is 0.235 e. The van der Waals surface area contributed by atoms with E-state index in [1.54, 1.807) is 4.68 Å². The third-order valence-corrected chi connectivity index (χ3v) is 6.37. The van der Waals surface area contributed by atoms with Gasteiger partial charge in [0.2, 0.25) is 11.1 Å². The minimum Gasteiger partial charge on any atom is -0.342 e. The molecule has 1 aliphatic rings. The molecule has 0 radical (unpaired) electrons. The number of thioether (sulfide) groups is 1. The first kappa shape index (κ1) is 18.9. The second kappa shape index (κ2) is 8.20. The highest BCUT2D eigenvalue weighted by atomic mass is 32.2. The molecular formula is C19H27N5OS. The molecule has 2 aromatic rings. The molecule has 1 heterocycles. The maximum absolute atomic E-state index is 12.9. The number of aromatic nitrogens is 4. The van der Waals surface area contributed by atoms with E-state index in [9.17, 15) is 4.79 Å². The Hall–Kier alpha value is -1.89. The maximum Gasteiger partial charge on any atom is 0.235 e. The van der Waals surface area contributed by atoms with Crippen molar-refractivity contribution in [1.82, 2.24) is 25.1 Å². The molecule has 0 spiro atoms. The van der Waals surface area contributed by atoms with Crippen LogP contribution in [0, 0.1) is 13.8 Å². The fraction of sp³-hybridized carbons (Fsp3) is 0.579. The van der Waals surface area contributed by atoms with Gasteiger partial charge in [0.15, 0.2) is 0 Å². The third-order valence-electron chi connectivity index (χ3n) is 5.35. The summed E-state index contributed by atoms with van der Waals surface area (Å²) in [6, 6.07) is 6.44. The molecule has 7 heteroatoms. The van der Waals surface area contributed by atoms with Crippen LogP contribution in [0.15, 0.2) is 23.4 Å². The molecule has 140 valence electrons. The topological polar surface area (TPSA) is 63.9 Å². The molecule has 26 heavy (non-hydrogen) atoms. The van der Waals surface area contributed by atoms with Crippen LogP contribution >= 0.6 is 11.8 Å². The van der Waals surface area contributed by atoms with Gasteiger partial charge in [-0.3, -0.25) is 4.79 Å². The SMILES string of the molecule is Cc1cccc(-n2nnnc2SC(C)C(=O)N(C)C2CCCCC2)c1C. The summed E-state index contributed by atoms with van der Waals surface area (Å²) in [5.74, 6) is 0.150. The monoisotopic (exact) mass is 373 g/mol. The number of carbonyl (C=O) groups excluding carboxylic acids is 1. The Balaban J connectivity index is 1.74. The number of rotatable bonds is 5. The minimum atomic E-state index is -0.225. The van der Waals surface area contributed by atoms with Crippen molar-refractivity contribution < 1.29 is 4.79 Å². The number of amides is 1. The first-order chi connectivity index (χ1) is 12.5. The number of benzene rings is 1. The van der Waals surface area contributed by atoms with Gasteiger partial charge in [-0.25, -0.2) is 0 Å². The lowest BCUT2D eigenvalue weighted by atomic mass is 9.94. The molecule has 1 saturated carbocycles. The van der Waals surface area contributed by atoms with Gasteiger partial charge in [-0.2, -0.15) is 4.68 Å². The van der Waals surface area contributed by atoms with Gasteiger partial charge in [-0.05, 0) is 61.2 Å². The Morgan fingerprint density at radius 1 is 1.27 bits per heavy atom. The van der Waals surface area contributed by atoms with Crippen LogP contribution in [0.5, 0.6) is 0 Å². The highest BCUT2D eigenvalue weighted by Gasteiger charge is 2.27. The Morgan fingerprint density at radius 3 is 2.73 bits per heavy atom. The lowest BCUT2D eigenvalue weighted by molar-refractivity contribution is -0.131. The van der Waals surface area contributed by atoms with Gasteiger partial charge in [0.1, 0.15) is 0 Å². The second-order valence-electron chi connectivity index (χ2n) is 7.09. The van der Waals surface area contributed by atoms with Crippen LogP contribution in [0.2, 0.25) is 0 Å². The average Bonchev–Trinajstić information content (AvgIpc) is 3.11. The molecular weight excluding hydrogens is 346 g/mol. The zero-order chi connectivity index (χ0) is 18.7. The summed E-state index contributed by atoms with van der Waals surface area (Å²) in [5, 5.41) is 12.6. The third kappa shape index (κ3) is 3.92.